The molecule has 0 aliphatic carbocycles. The van der Waals surface area contributed by atoms with Gasteiger partial charge in [-0.15, -0.1) is 0 Å². The summed E-state index contributed by atoms with van der Waals surface area (Å²) in [7, 11) is 3.65. The van der Waals surface area contributed by atoms with Gasteiger partial charge < -0.3 is 24.5 Å². The average molecular weight is 446 g/mol. The Morgan fingerprint density at radius 3 is 2.82 bits per heavy atom. The minimum atomic E-state index is -0.0161. The Hall–Kier alpha value is -3.32. The van der Waals surface area contributed by atoms with Crippen LogP contribution in [0.15, 0.2) is 42.5 Å². The van der Waals surface area contributed by atoms with Crippen molar-refractivity contribution in [3.63, 3.8) is 0 Å². The van der Waals surface area contributed by atoms with E-state index in [1.165, 1.54) is 10.9 Å². The number of aryl methyl sites for hydroxylation is 2. The van der Waals surface area contributed by atoms with E-state index < -0.39 is 0 Å². The first-order valence-electron chi connectivity index (χ1n) is 11.7. The molecule has 3 heterocycles. The van der Waals surface area contributed by atoms with Crippen molar-refractivity contribution in [2.45, 2.75) is 38.8 Å². The topological polar surface area (TPSA) is 78.3 Å². The molecular weight excluding hydrogens is 414 g/mol. The predicted molar refractivity (Wildman–Crippen MR) is 132 cm³/mol. The van der Waals surface area contributed by atoms with Crippen molar-refractivity contribution in [1.29, 1.82) is 0 Å². The Kier molecular flexibility index (Phi) is 5.58. The van der Waals surface area contributed by atoms with Crippen LogP contribution in [0.25, 0.3) is 33.5 Å². The third-order valence-corrected chi connectivity index (χ3v) is 6.63. The van der Waals surface area contributed by atoms with Crippen LogP contribution in [0.5, 0.6) is 5.75 Å². The largest absolute Gasteiger partial charge is 0.494 e. The summed E-state index contributed by atoms with van der Waals surface area (Å²) in [5, 5.41) is 1.19. The van der Waals surface area contributed by atoms with Crippen LogP contribution in [-0.4, -0.2) is 51.2 Å². The Morgan fingerprint density at radius 2 is 2.06 bits per heavy atom. The van der Waals surface area contributed by atoms with E-state index in [9.17, 15) is 4.79 Å². The Balaban J connectivity index is 1.64. The van der Waals surface area contributed by atoms with Crippen LogP contribution in [0.1, 0.15) is 36.5 Å². The number of ether oxygens (including phenoxy) is 1. The number of methoxy groups -OCH3 is 1. The number of piperidine rings is 1. The molecule has 4 aromatic rings. The molecule has 2 aromatic carbocycles. The van der Waals surface area contributed by atoms with Gasteiger partial charge >= 0.3 is 0 Å². The summed E-state index contributed by atoms with van der Waals surface area (Å²) >= 11 is 0. The zero-order valence-electron chi connectivity index (χ0n) is 19.5. The smallest absolute Gasteiger partial charge is 0.254 e. The van der Waals surface area contributed by atoms with Crippen molar-refractivity contribution in [3.8, 4) is 17.3 Å². The highest BCUT2D eigenvalue weighted by molar-refractivity contribution is 6.00. The van der Waals surface area contributed by atoms with Crippen molar-refractivity contribution < 1.29 is 9.53 Å². The molecule has 1 aliphatic heterocycles. The summed E-state index contributed by atoms with van der Waals surface area (Å²) in [5.41, 5.74) is 10.6. The zero-order chi connectivity index (χ0) is 23.1. The fourth-order valence-electron chi connectivity index (χ4n) is 5.06. The van der Waals surface area contributed by atoms with E-state index in [4.69, 9.17) is 15.5 Å². The molecule has 172 valence electrons. The molecule has 2 aromatic heterocycles. The van der Waals surface area contributed by atoms with Crippen LogP contribution in [0, 0.1) is 0 Å². The average Bonchev–Trinajstić information content (AvgIpc) is 3.36. The Bertz CT molecular complexity index is 1340. The van der Waals surface area contributed by atoms with Crippen molar-refractivity contribution in [2.24, 2.45) is 12.8 Å². The first-order valence-corrected chi connectivity index (χ1v) is 11.7. The Morgan fingerprint density at radius 1 is 1.24 bits per heavy atom. The summed E-state index contributed by atoms with van der Waals surface area (Å²) < 4.78 is 10.1. The lowest BCUT2D eigenvalue weighted by Crippen LogP contribution is -2.45. The number of nitrogens with zero attached hydrogens (tertiary/aromatic N) is 4. The molecule has 2 N–H and O–H groups in total. The highest BCUT2D eigenvalue weighted by Gasteiger charge is 2.25. The van der Waals surface area contributed by atoms with Crippen LogP contribution in [0.4, 0.5) is 0 Å². The van der Waals surface area contributed by atoms with Crippen LogP contribution >= 0.6 is 0 Å². The van der Waals surface area contributed by atoms with Gasteiger partial charge in [-0.1, -0.05) is 25.1 Å². The summed E-state index contributed by atoms with van der Waals surface area (Å²) in [4.78, 5) is 20.1. The maximum atomic E-state index is 13.3. The molecule has 1 aliphatic rings. The lowest BCUT2D eigenvalue weighted by atomic mass is 10.0. The quantitative estimate of drug-likeness (QED) is 0.500. The SMILES string of the molecule is CCCn1c(-c2nc3cc(C(=O)N4CCC[C@@H](N)C4)cc(OC)c3n2C)cc2ccccc21. The van der Waals surface area contributed by atoms with Crippen LogP contribution in [0.3, 0.4) is 0 Å². The van der Waals surface area contributed by atoms with Gasteiger partial charge in [0.05, 0.1) is 18.3 Å². The van der Waals surface area contributed by atoms with Gasteiger partial charge in [0.15, 0.2) is 5.82 Å². The minimum Gasteiger partial charge on any atom is -0.494 e. The second-order valence-corrected chi connectivity index (χ2v) is 8.93. The number of nitrogens with two attached hydrogens (primary N) is 1. The van der Waals surface area contributed by atoms with Gasteiger partial charge in [0.25, 0.3) is 5.91 Å². The molecule has 5 rings (SSSR count). The van der Waals surface area contributed by atoms with Gasteiger partial charge in [-0.3, -0.25) is 4.79 Å². The van der Waals surface area contributed by atoms with Crippen molar-refractivity contribution in [3.05, 3.63) is 48.0 Å². The molecule has 7 nitrogen and oxygen atoms in total. The lowest BCUT2D eigenvalue weighted by Gasteiger charge is -2.30. The zero-order valence-corrected chi connectivity index (χ0v) is 19.5. The number of likely N-dealkylation sites (tertiary alicyclic amines) is 1. The third kappa shape index (κ3) is 3.66. The Labute approximate surface area is 193 Å². The third-order valence-electron chi connectivity index (χ3n) is 6.63. The number of amides is 1. The number of hydrogen-bond acceptors (Lipinski definition) is 4. The molecule has 1 fully saturated rings. The molecule has 7 heteroatoms. The fourth-order valence-corrected chi connectivity index (χ4v) is 5.06. The van der Waals surface area contributed by atoms with Gasteiger partial charge in [0.1, 0.15) is 11.3 Å². The van der Waals surface area contributed by atoms with E-state index in [0.29, 0.717) is 17.9 Å². The van der Waals surface area contributed by atoms with Crippen molar-refractivity contribution >= 4 is 27.8 Å². The second-order valence-electron chi connectivity index (χ2n) is 8.93. The van der Waals surface area contributed by atoms with Crippen LogP contribution < -0.4 is 10.5 Å². The van der Waals surface area contributed by atoms with Gasteiger partial charge in [0, 0.05) is 49.2 Å². The van der Waals surface area contributed by atoms with Crippen LogP contribution in [0.2, 0.25) is 0 Å². The minimum absolute atomic E-state index is 0.0161. The number of aromatic nitrogens is 3. The van der Waals surface area contributed by atoms with E-state index in [2.05, 4.69) is 46.4 Å². The molecule has 0 radical (unpaired) electrons. The van der Waals surface area contributed by atoms with E-state index in [-0.39, 0.29) is 11.9 Å². The highest BCUT2D eigenvalue weighted by Crippen LogP contribution is 2.34. The van der Waals surface area contributed by atoms with Crippen molar-refractivity contribution in [2.75, 3.05) is 20.2 Å². The number of para-hydroxylation sites is 1. The van der Waals surface area contributed by atoms with Gasteiger partial charge in [0.2, 0.25) is 0 Å². The molecular formula is C26H31N5O2. The number of carbonyl (C=O) groups excluding carboxylic acids is 1. The molecule has 1 saturated heterocycles. The number of carbonyl (C=O) groups is 1. The van der Waals surface area contributed by atoms with E-state index in [1.807, 2.05) is 24.1 Å². The number of fused-ring (bicyclic) bond motifs is 2. The fraction of sp³-hybridized carbons (Fsp3) is 0.385. The monoisotopic (exact) mass is 445 g/mol. The maximum absolute atomic E-state index is 13.3. The number of imidazole rings is 1. The summed E-state index contributed by atoms with van der Waals surface area (Å²) in [6.45, 7) is 4.41. The lowest BCUT2D eigenvalue weighted by molar-refractivity contribution is 0.0708. The number of rotatable bonds is 5. The van der Waals surface area contributed by atoms with E-state index >= 15 is 0 Å². The summed E-state index contributed by atoms with van der Waals surface area (Å²) in [6.07, 6.45) is 2.92. The normalized spacial score (nSPS) is 16.6. The van der Waals surface area contributed by atoms with Gasteiger partial charge in [-0.2, -0.15) is 0 Å². The second kappa shape index (κ2) is 8.56. The standard InChI is InChI=1S/C26H31N5O2/c1-4-11-31-21-10-6-5-8-17(21)14-22(31)25-28-20-13-18(15-23(33-3)24(20)29(25)2)26(32)30-12-7-9-19(27)16-30/h5-6,8,10,13-15,19H,4,7,9,11-12,16,27H2,1-3H3/t19-/m1/s1. The van der Waals surface area contributed by atoms with Crippen LogP contribution in [-0.2, 0) is 13.6 Å². The molecule has 1 atom stereocenters. The number of benzene rings is 2. The molecule has 0 spiro atoms. The van der Waals surface area contributed by atoms with E-state index in [0.717, 1.165) is 54.9 Å². The molecule has 0 unspecified atom stereocenters. The highest BCUT2D eigenvalue weighted by atomic mass is 16.5. The first-order chi connectivity index (χ1) is 16.0. The van der Waals surface area contributed by atoms with E-state index in [1.54, 1.807) is 7.11 Å². The molecule has 0 bridgehead atoms. The predicted octanol–water partition coefficient (Wildman–Crippen LogP) is 4.18. The number of hydrogen-bond donors (Lipinski definition) is 1. The summed E-state index contributed by atoms with van der Waals surface area (Å²) in [5.74, 6) is 1.49. The molecule has 1 amide bonds. The summed E-state index contributed by atoms with van der Waals surface area (Å²) in [6, 6.07) is 14.4. The maximum Gasteiger partial charge on any atom is 0.254 e. The van der Waals surface area contributed by atoms with Gasteiger partial charge in [-0.05, 0) is 43.5 Å². The van der Waals surface area contributed by atoms with Crippen molar-refractivity contribution in [1.82, 2.24) is 19.0 Å². The first kappa shape index (κ1) is 21.5. The molecule has 33 heavy (non-hydrogen) atoms. The van der Waals surface area contributed by atoms with Gasteiger partial charge in [-0.25, -0.2) is 4.98 Å². The molecule has 0 saturated carbocycles.